The van der Waals surface area contributed by atoms with Crippen LogP contribution >= 0.6 is 0 Å². The Kier molecular flexibility index (Phi) is 3.18. The molecular weight excluding hydrogens is 254 g/mol. The second-order valence-electron chi connectivity index (χ2n) is 5.16. The number of nitrogens with zero attached hydrogens (tertiary/aromatic N) is 2. The van der Waals surface area contributed by atoms with Crippen LogP contribution in [0.25, 0.3) is 5.69 Å². The Morgan fingerprint density at radius 2 is 1.70 bits per heavy atom. The first-order chi connectivity index (χ1) is 9.65. The highest BCUT2D eigenvalue weighted by Crippen LogP contribution is 2.14. The Morgan fingerprint density at radius 1 is 1.05 bits per heavy atom. The quantitative estimate of drug-likeness (QED) is 0.899. The molecule has 0 saturated carbocycles. The largest absolute Gasteiger partial charge is 0.358 e. The fourth-order valence-electron chi connectivity index (χ4n) is 2.55. The Hall–Kier alpha value is -2.30. The lowest BCUT2D eigenvalue weighted by Gasteiger charge is -2.17. The number of benzene rings is 1. The van der Waals surface area contributed by atoms with Gasteiger partial charge in [-0.1, -0.05) is 17.7 Å². The fourth-order valence-corrected chi connectivity index (χ4v) is 2.55. The van der Waals surface area contributed by atoms with Gasteiger partial charge in [0.25, 0.3) is 5.56 Å². The molecule has 5 nitrogen and oxygen atoms in total. The zero-order chi connectivity index (χ0) is 14.1. The van der Waals surface area contributed by atoms with Crippen molar-refractivity contribution in [3.63, 3.8) is 0 Å². The van der Waals surface area contributed by atoms with E-state index in [-0.39, 0.29) is 11.2 Å². The number of nitrogens with one attached hydrogen (secondary N) is 1. The van der Waals surface area contributed by atoms with E-state index in [2.05, 4.69) is 4.98 Å². The molecular formula is C15H17N3O2. The number of aryl methyl sites for hydroxylation is 1. The van der Waals surface area contributed by atoms with Gasteiger partial charge in [-0.3, -0.25) is 9.78 Å². The van der Waals surface area contributed by atoms with Gasteiger partial charge >= 0.3 is 5.69 Å². The maximum atomic E-state index is 12.2. The van der Waals surface area contributed by atoms with Crippen molar-refractivity contribution in [2.24, 2.45) is 0 Å². The third kappa shape index (κ3) is 2.27. The molecule has 1 aromatic heterocycles. The number of aromatic amines is 1. The molecule has 0 radical (unpaired) electrons. The van der Waals surface area contributed by atoms with Crippen LogP contribution in [0.3, 0.4) is 0 Å². The minimum absolute atomic E-state index is 0.292. The molecule has 3 rings (SSSR count). The van der Waals surface area contributed by atoms with Crippen LogP contribution in [0.4, 0.5) is 5.82 Å². The third-order valence-corrected chi connectivity index (χ3v) is 3.66. The van der Waals surface area contributed by atoms with Crippen molar-refractivity contribution < 1.29 is 0 Å². The number of hydrogen-bond donors (Lipinski definition) is 1. The lowest BCUT2D eigenvalue weighted by molar-refractivity contribution is 0.840. The molecule has 1 aromatic carbocycles. The molecule has 2 aromatic rings. The van der Waals surface area contributed by atoms with Crippen LogP contribution < -0.4 is 16.1 Å². The van der Waals surface area contributed by atoms with Gasteiger partial charge in [0.15, 0.2) is 0 Å². The second kappa shape index (κ2) is 5.00. The zero-order valence-electron chi connectivity index (χ0n) is 11.4. The highest BCUT2D eigenvalue weighted by molar-refractivity contribution is 5.40. The van der Waals surface area contributed by atoms with Gasteiger partial charge in [-0.05, 0) is 31.9 Å². The highest BCUT2D eigenvalue weighted by atomic mass is 16.2. The molecule has 2 heterocycles. The van der Waals surface area contributed by atoms with Gasteiger partial charge in [-0.15, -0.1) is 0 Å². The minimum Gasteiger partial charge on any atom is -0.358 e. The summed E-state index contributed by atoms with van der Waals surface area (Å²) in [7, 11) is 0. The Labute approximate surface area is 116 Å². The molecule has 1 aliphatic heterocycles. The molecule has 1 saturated heterocycles. The Bertz CT molecular complexity index is 691. The van der Waals surface area contributed by atoms with Crippen molar-refractivity contribution >= 4 is 5.82 Å². The number of hydrogen-bond acceptors (Lipinski definition) is 3. The summed E-state index contributed by atoms with van der Waals surface area (Å²) in [5.74, 6) is 0.626. The monoisotopic (exact) mass is 271 g/mol. The van der Waals surface area contributed by atoms with Crippen LogP contribution in [0, 0.1) is 6.92 Å². The molecule has 1 N–H and O–H groups in total. The summed E-state index contributed by atoms with van der Waals surface area (Å²) in [6, 6.07) is 8.83. The molecule has 0 atom stereocenters. The number of aromatic nitrogens is 2. The van der Waals surface area contributed by atoms with E-state index in [1.54, 1.807) is 12.1 Å². The van der Waals surface area contributed by atoms with Crippen LogP contribution in [-0.2, 0) is 0 Å². The maximum absolute atomic E-state index is 12.2. The minimum atomic E-state index is -0.386. The standard InChI is InChI=1S/C15H17N3O2/c1-11-4-6-12(7-5-11)18-14(19)10-13(16-15(18)20)17-8-2-3-9-17/h4-7,10H,2-3,8-9H2,1H3,(H,16,20). The smallest absolute Gasteiger partial charge is 0.334 e. The SMILES string of the molecule is Cc1ccc(-n2c(=O)cc(N3CCCC3)[nH]c2=O)cc1. The van der Waals surface area contributed by atoms with E-state index in [0.29, 0.717) is 11.5 Å². The molecule has 0 unspecified atom stereocenters. The summed E-state index contributed by atoms with van der Waals surface area (Å²) in [4.78, 5) is 29.3. The normalized spacial score (nSPS) is 14.8. The van der Waals surface area contributed by atoms with E-state index in [9.17, 15) is 9.59 Å². The van der Waals surface area contributed by atoms with Gasteiger partial charge in [0.1, 0.15) is 5.82 Å². The van der Waals surface area contributed by atoms with Crippen LogP contribution in [-0.4, -0.2) is 22.6 Å². The zero-order valence-corrected chi connectivity index (χ0v) is 11.4. The summed E-state index contributed by atoms with van der Waals surface area (Å²) < 4.78 is 1.17. The number of H-pyrrole nitrogens is 1. The molecule has 104 valence electrons. The molecule has 5 heteroatoms. The number of rotatable bonds is 2. The van der Waals surface area contributed by atoms with Crippen molar-refractivity contribution in [2.45, 2.75) is 19.8 Å². The predicted molar refractivity (Wildman–Crippen MR) is 78.8 cm³/mol. The molecule has 20 heavy (non-hydrogen) atoms. The Morgan fingerprint density at radius 3 is 2.30 bits per heavy atom. The van der Waals surface area contributed by atoms with E-state index in [4.69, 9.17) is 0 Å². The first kappa shape index (κ1) is 12.7. The molecule has 0 spiro atoms. The van der Waals surface area contributed by atoms with Gasteiger partial charge < -0.3 is 4.90 Å². The van der Waals surface area contributed by atoms with E-state index >= 15 is 0 Å². The summed E-state index contributed by atoms with van der Waals surface area (Å²) in [5.41, 5.74) is 1.00. The van der Waals surface area contributed by atoms with Crippen molar-refractivity contribution in [1.29, 1.82) is 0 Å². The second-order valence-corrected chi connectivity index (χ2v) is 5.16. The lowest BCUT2D eigenvalue weighted by Crippen LogP contribution is -2.35. The van der Waals surface area contributed by atoms with Crippen LogP contribution in [0.2, 0.25) is 0 Å². The van der Waals surface area contributed by atoms with E-state index in [0.717, 1.165) is 31.5 Å². The Balaban J connectivity index is 2.07. The van der Waals surface area contributed by atoms with E-state index < -0.39 is 0 Å². The average molecular weight is 271 g/mol. The summed E-state index contributed by atoms with van der Waals surface area (Å²) in [6.45, 7) is 3.75. The first-order valence-corrected chi connectivity index (χ1v) is 6.83. The van der Waals surface area contributed by atoms with E-state index in [1.807, 2.05) is 24.0 Å². The highest BCUT2D eigenvalue weighted by Gasteiger charge is 2.15. The van der Waals surface area contributed by atoms with Crippen LogP contribution in [0.5, 0.6) is 0 Å². The third-order valence-electron chi connectivity index (χ3n) is 3.66. The van der Waals surface area contributed by atoms with Gasteiger partial charge in [-0.25, -0.2) is 9.36 Å². The summed E-state index contributed by atoms with van der Waals surface area (Å²) in [5, 5.41) is 0. The van der Waals surface area contributed by atoms with Crippen molar-refractivity contribution in [2.75, 3.05) is 18.0 Å². The van der Waals surface area contributed by atoms with Gasteiger partial charge in [0.05, 0.1) is 5.69 Å². The number of anilines is 1. The molecule has 1 fully saturated rings. The summed E-state index contributed by atoms with van der Waals surface area (Å²) >= 11 is 0. The predicted octanol–water partition coefficient (Wildman–Crippen LogP) is 1.43. The van der Waals surface area contributed by atoms with Crippen molar-refractivity contribution in [3.05, 3.63) is 56.7 Å². The van der Waals surface area contributed by atoms with Crippen LogP contribution in [0.1, 0.15) is 18.4 Å². The van der Waals surface area contributed by atoms with Gasteiger partial charge in [0.2, 0.25) is 0 Å². The van der Waals surface area contributed by atoms with Crippen molar-refractivity contribution in [1.82, 2.24) is 9.55 Å². The average Bonchev–Trinajstić information content (AvgIpc) is 2.94. The fraction of sp³-hybridized carbons (Fsp3) is 0.333. The van der Waals surface area contributed by atoms with Gasteiger partial charge in [-0.2, -0.15) is 0 Å². The molecule has 0 bridgehead atoms. The molecule has 0 aliphatic carbocycles. The molecule has 0 amide bonds. The van der Waals surface area contributed by atoms with Crippen LogP contribution in [0.15, 0.2) is 39.9 Å². The summed E-state index contributed by atoms with van der Waals surface area (Å²) in [6.07, 6.45) is 2.20. The van der Waals surface area contributed by atoms with Crippen molar-refractivity contribution in [3.8, 4) is 5.69 Å². The first-order valence-electron chi connectivity index (χ1n) is 6.83. The molecule has 1 aliphatic rings. The maximum Gasteiger partial charge on any atom is 0.334 e. The topological polar surface area (TPSA) is 58.1 Å². The van der Waals surface area contributed by atoms with Gasteiger partial charge in [0, 0.05) is 19.2 Å². The van der Waals surface area contributed by atoms with E-state index in [1.165, 1.54) is 10.6 Å². The lowest BCUT2D eigenvalue weighted by atomic mass is 10.2.